The molecule has 2 aromatic carbocycles. The maximum Gasteiger partial charge on any atom is 0.323 e. The van der Waals surface area contributed by atoms with Crippen LogP contribution in [-0.2, 0) is 4.79 Å². The van der Waals surface area contributed by atoms with Gasteiger partial charge in [-0.3, -0.25) is 4.79 Å². The van der Waals surface area contributed by atoms with Crippen LogP contribution in [0.25, 0.3) is 0 Å². The monoisotopic (exact) mass is 313 g/mol. The van der Waals surface area contributed by atoms with Crippen molar-refractivity contribution in [2.45, 2.75) is 13.8 Å². The summed E-state index contributed by atoms with van der Waals surface area (Å²) < 4.78 is 5.22. The topological polar surface area (TPSA) is 79.5 Å². The molecule has 0 atom stereocenters. The molecular weight excluding hydrogens is 294 g/mol. The van der Waals surface area contributed by atoms with E-state index in [-0.39, 0.29) is 11.9 Å². The van der Waals surface area contributed by atoms with Crippen molar-refractivity contribution >= 4 is 29.0 Å². The Bertz CT molecular complexity index is 712. The second-order valence-corrected chi connectivity index (χ2v) is 5.04. The van der Waals surface area contributed by atoms with Crippen molar-refractivity contribution in [2.24, 2.45) is 0 Å². The van der Waals surface area contributed by atoms with E-state index in [2.05, 4.69) is 16.0 Å². The van der Waals surface area contributed by atoms with Crippen LogP contribution in [0.1, 0.15) is 12.5 Å². The number of nitrogens with one attached hydrogen (secondary N) is 3. The number of aryl methyl sites for hydroxylation is 1. The SMILES string of the molecule is COc1ccc(C)cc1NC(=O)Nc1ccc(NC(C)=O)cc1. The molecule has 0 radical (unpaired) electrons. The van der Waals surface area contributed by atoms with Gasteiger partial charge in [-0.2, -0.15) is 0 Å². The van der Waals surface area contributed by atoms with E-state index in [0.29, 0.717) is 22.8 Å². The molecule has 0 aromatic heterocycles. The highest BCUT2D eigenvalue weighted by Crippen LogP contribution is 2.25. The van der Waals surface area contributed by atoms with Gasteiger partial charge in [0, 0.05) is 18.3 Å². The van der Waals surface area contributed by atoms with E-state index in [1.54, 1.807) is 37.4 Å². The Labute approximate surface area is 134 Å². The van der Waals surface area contributed by atoms with Crippen molar-refractivity contribution < 1.29 is 14.3 Å². The lowest BCUT2D eigenvalue weighted by molar-refractivity contribution is -0.114. The van der Waals surface area contributed by atoms with Crippen LogP contribution in [0, 0.1) is 6.92 Å². The lowest BCUT2D eigenvalue weighted by atomic mass is 10.2. The number of anilines is 3. The van der Waals surface area contributed by atoms with Crippen LogP contribution < -0.4 is 20.7 Å². The highest BCUT2D eigenvalue weighted by atomic mass is 16.5. The molecule has 0 unspecified atom stereocenters. The van der Waals surface area contributed by atoms with Crippen LogP contribution in [0.2, 0.25) is 0 Å². The normalized spacial score (nSPS) is 9.87. The average molecular weight is 313 g/mol. The third-order valence-corrected chi connectivity index (χ3v) is 3.07. The molecule has 6 nitrogen and oxygen atoms in total. The molecule has 23 heavy (non-hydrogen) atoms. The molecule has 2 rings (SSSR count). The summed E-state index contributed by atoms with van der Waals surface area (Å²) in [4.78, 5) is 23.0. The van der Waals surface area contributed by atoms with Gasteiger partial charge in [-0.05, 0) is 48.9 Å². The molecule has 0 aliphatic heterocycles. The summed E-state index contributed by atoms with van der Waals surface area (Å²) in [6.07, 6.45) is 0. The van der Waals surface area contributed by atoms with Crippen molar-refractivity contribution in [2.75, 3.05) is 23.1 Å². The molecule has 0 fully saturated rings. The predicted octanol–water partition coefficient (Wildman–Crippen LogP) is 3.61. The number of carbonyl (C=O) groups excluding carboxylic acids is 2. The standard InChI is InChI=1S/C17H19N3O3/c1-11-4-9-16(23-3)15(10-11)20-17(22)19-14-7-5-13(6-8-14)18-12(2)21/h4-10H,1-3H3,(H,18,21)(H2,19,20,22). The van der Waals surface area contributed by atoms with Crippen LogP contribution in [0.3, 0.4) is 0 Å². The van der Waals surface area contributed by atoms with Crippen LogP contribution in [-0.4, -0.2) is 19.0 Å². The number of methoxy groups -OCH3 is 1. The zero-order valence-electron chi connectivity index (χ0n) is 13.3. The molecule has 3 amide bonds. The van der Waals surface area contributed by atoms with Gasteiger partial charge in [0.2, 0.25) is 5.91 Å². The maximum absolute atomic E-state index is 12.1. The first-order valence-corrected chi connectivity index (χ1v) is 7.08. The van der Waals surface area contributed by atoms with Crippen molar-refractivity contribution in [3.8, 4) is 5.75 Å². The molecule has 0 heterocycles. The van der Waals surface area contributed by atoms with Gasteiger partial charge in [-0.1, -0.05) is 6.07 Å². The van der Waals surface area contributed by atoms with Gasteiger partial charge < -0.3 is 20.7 Å². The first kappa shape index (κ1) is 16.4. The Morgan fingerprint density at radius 3 is 2.09 bits per heavy atom. The fourth-order valence-electron chi connectivity index (χ4n) is 2.04. The molecule has 3 N–H and O–H groups in total. The van der Waals surface area contributed by atoms with Gasteiger partial charge in [-0.25, -0.2) is 4.79 Å². The molecule has 0 saturated carbocycles. The number of hydrogen-bond acceptors (Lipinski definition) is 3. The van der Waals surface area contributed by atoms with E-state index in [9.17, 15) is 9.59 Å². The molecule has 0 aliphatic carbocycles. The van der Waals surface area contributed by atoms with Gasteiger partial charge in [0.25, 0.3) is 0 Å². The molecule has 6 heteroatoms. The third kappa shape index (κ3) is 4.74. The Kier molecular flexibility index (Phi) is 5.19. The van der Waals surface area contributed by atoms with E-state index >= 15 is 0 Å². The van der Waals surface area contributed by atoms with E-state index in [4.69, 9.17) is 4.74 Å². The number of benzene rings is 2. The number of ether oxygens (including phenoxy) is 1. The van der Waals surface area contributed by atoms with Crippen LogP contribution >= 0.6 is 0 Å². The molecule has 0 bridgehead atoms. The summed E-state index contributed by atoms with van der Waals surface area (Å²) in [5, 5.41) is 8.14. The Hall–Kier alpha value is -3.02. The Morgan fingerprint density at radius 2 is 1.52 bits per heavy atom. The Balaban J connectivity index is 2.02. The van der Waals surface area contributed by atoms with Crippen molar-refractivity contribution in [1.29, 1.82) is 0 Å². The summed E-state index contributed by atoms with van der Waals surface area (Å²) in [5.41, 5.74) is 2.90. The number of urea groups is 1. The van der Waals surface area contributed by atoms with Gasteiger partial charge in [0.1, 0.15) is 5.75 Å². The molecular formula is C17H19N3O3. The number of hydrogen-bond donors (Lipinski definition) is 3. The lowest BCUT2D eigenvalue weighted by Gasteiger charge is -2.12. The largest absolute Gasteiger partial charge is 0.495 e. The summed E-state index contributed by atoms with van der Waals surface area (Å²) in [6.45, 7) is 3.37. The predicted molar refractivity (Wildman–Crippen MR) is 91.1 cm³/mol. The zero-order valence-corrected chi connectivity index (χ0v) is 13.3. The Morgan fingerprint density at radius 1 is 0.913 bits per heavy atom. The van der Waals surface area contributed by atoms with Crippen LogP contribution in [0.15, 0.2) is 42.5 Å². The fourth-order valence-corrected chi connectivity index (χ4v) is 2.04. The smallest absolute Gasteiger partial charge is 0.323 e. The van der Waals surface area contributed by atoms with E-state index in [0.717, 1.165) is 5.56 Å². The highest BCUT2D eigenvalue weighted by Gasteiger charge is 2.08. The molecule has 2 aromatic rings. The number of carbonyl (C=O) groups is 2. The minimum absolute atomic E-state index is 0.144. The second-order valence-electron chi connectivity index (χ2n) is 5.04. The van der Waals surface area contributed by atoms with Crippen molar-refractivity contribution in [1.82, 2.24) is 0 Å². The minimum Gasteiger partial charge on any atom is -0.495 e. The summed E-state index contributed by atoms with van der Waals surface area (Å²) in [5.74, 6) is 0.446. The molecule has 0 saturated heterocycles. The van der Waals surface area contributed by atoms with Gasteiger partial charge >= 0.3 is 6.03 Å². The molecule has 0 spiro atoms. The van der Waals surface area contributed by atoms with Gasteiger partial charge in [-0.15, -0.1) is 0 Å². The van der Waals surface area contributed by atoms with Crippen LogP contribution in [0.5, 0.6) is 5.75 Å². The van der Waals surface area contributed by atoms with E-state index in [1.165, 1.54) is 6.92 Å². The van der Waals surface area contributed by atoms with Gasteiger partial charge in [0.05, 0.1) is 12.8 Å². The summed E-state index contributed by atoms with van der Waals surface area (Å²) in [7, 11) is 1.55. The maximum atomic E-state index is 12.1. The number of amides is 3. The number of rotatable bonds is 4. The van der Waals surface area contributed by atoms with Crippen LogP contribution in [0.4, 0.5) is 21.9 Å². The van der Waals surface area contributed by atoms with Crippen molar-refractivity contribution in [3.05, 3.63) is 48.0 Å². The van der Waals surface area contributed by atoms with E-state index < -0.39 is 0 Å². The second kappa shape index (κ2) is 7.31. The zero-order chi connectivity index (χ0) is 16.8. The van der Waals surface area contributed by atoms with Crippen molar-refractivity contribution in [3.63, 3.8) is 0 Å². The third-order valence-electron chi connectivity index (χ3n) is 3.07. The molecule has 120 valence electrons. The van der Waals surface area contributed by atoms with E-state index in [1.807, 2.05) is 19.1 Å². The lowest BCUT2D eigenvalue weighted by Crippen LogP contribution is -2.19. The highest BCUT2D eigenvalue weighted by molar-refractivity contribution is 6.01. The van der Waals surface area contributed by atoms with Gasteiger partial charge in [0.15, 0.2) is 0 Å². The summed E-state index contributed by atoms with van der Waals surface area (Å²) >= 11 is 0. The first-order chi connectivity index (χ1) is 11.0. The molecule has 0 aliphatic rings. The minimum atomic E-state index is -0.374. The quantitative estimate of drug-likeness (QED) is 0.806. The average Bonchev–Trinajstić information content (AvgIpc) is 2.49. The fraction of sp³-hybridized carbons (Fsp3) is 0.176. The first-order valence-electron chi connectivity index (χ1n) is 7.08. The summed E-state index contributed by atoms with van der Waals surface area (Å²) in [6, 6.07) is 12.0.